The first-order valence-corrected chi connectivity index (χ1v) is 5.53. The third-order valence-corrected chi connectivity index (χ3v) is 2.41. The van der Waals surface area contributed by atoms with Gasteiger partial charge in [-0.25, -0.2) is 0 Å². The highest BCUT2D eigenvalue weighted by molar-refractivity contribution is 9.09. The van der Waals surface area contributed by atoms with Crippen LogP contribution in [0.25, 0.3) is 0 Å². The molecule has 72 valence electrons. The predicted molar refractivity (Wildman–Crippen MR) is 55.5 cm³/mol. The van der Waals surface area contributed by atoms with Gasteiger partial charge in [0.1, 0.15) is 0 Å². The number of alkyl halides is 1. The molecule has 0 N–H and O–H groups in total. The first-order valence-electron chi connectivity index (χ1n) is 4.41. The van der Waals surface area contributed by atoms with Crippen molar-refractivity contribution in [2.45, 2.75) is 26.7 Å². The van der Waals surface area contributed by atoms with Crippen LogP contribution in [0.1, 0.15) is 26.7 Å². The zero-order valence-corrected chi connectivity index (χ0v) is 9.73. The minimum atomic E-state index is 0.229. The van der Waals surface area contributed by atoms with Crippen molar-refractivity contribution >= 4 is 21.8 Å². The Balaban J connectivity index is 3.70. The van der Waals surface area contributed by atoms with Crippen LogP contribution in [0.4, 0.5) is 0 Å². The predicted octanol–water partition coefficient (Wildman–Crippen LogP) is 2.28. The van der Waals surface area contributed by atoms with Crippen molar-refractivity contribution in [1.82, 2.24) is 4.90 Å². The maximum atomic E-state index is 11.3. The van der Waals surface area contributed by atoms with Crippen LogP contribution in [0.5, 0.6) is 0 Å². The van der Waals surface area contributed by atoms with Crippen LogP contribution >= 0.6 is 15.9 Å². The van der Waals surface area contributed by atoms with Gasteiger partial charge in [-0.2, -0.15) is 0 Å². The second-order valence-corrected chi connectivity index (χ2v) is 4.02. The van der Waals surface area contributed by atoms with Gasteiger partial charge in [-0.1, -0.05) is 36.2 Å². The Hall–Kier alpha value is -0.0500. The lowest BCUT2D eigenvalue weighted by molar-refractivity contribution is -0.129. The van der Waals surface area contributed by atoms with Crippen LogP contribution in [-0.2, 0) is 4.79 Å². The lowest BCUT2D eigenvalue weighted by Gasteiger charge is -2.20. The van der Waals surface area contributed by atoms with Gasteiger partial charge in [0, 0.05) is 25.3 Å². The van der Waals surface area contributed by atoms with E-state index in [4.69, 9.17) is 0 Å². The van der Waals surface area contributed by atoms with Gasteiger partial charge in [0.15, 0.2) is 0 Å². The van der Waals surface area contributed by atoms with Gasteiger partial charge >= 0.3 is 0 Å². The van der Waals surface area contributed by atoms with Crippen molar-refractivity contribution < 1.29 is 4.79 Å². The standard InChI is InChI=1S/C9H18BrNO/c1-4-8(2)7-11(3)9(12)5-6-10/h8H,4-7H2,1-3H3. The van der Waals surface area contributed by atoms with Gasteiger partial charge in [0.2, 0.25) is 5.91 Å². The molecule has 0 aliphatic rings. The second-order valence-electron chi connectivity index (χ2n) is 3.23. The molecule has 1 unspecified atom stereocenters. The quantitative estimate of drug-likeness (QED) is 0.670. The van der Waals surface area contributed by atoms with Gasteiger partial charge in [-0.3, -0.25) is 4.79 Å². The molecule has 0 aliphatic carbocycles. The summed E-state index contributed by atoms with van der Waals surface area (Å²) in [6, 6.07) is 0. The van der Waals surface area contributed by atoms with E-state index < -0.39 is 0 Å². The van der Waals surface area contributed by atoms with Gasteiger partial charge in [-0.15, -0.1) is 0 Å². The van der Waals surface area contributed by atoms with E-state index in [1.54, 1.807) is 0 Å². The third-order valence-electron chi connectivity index (χ3n) is 2.02. The Morgan fingerprint density at radius 2 is 2.17 bits per heavy atom. The summed E-state index contributed by atoms with van der Waals surface area (Å²) in [5.74, 6) is 0.835. The zero-order chi connectivity index (χ0) is 9.56. The molecule has 2 nitrogen and oxygen atoms in total. The largest absolute Gasteiger partial charge is 0.345 e. The number of hydrogen-bond donors (Lipinski definition) is 0. The Morgan fingerprint density at radius 1 is 1.58 bits per heavy atom. The van der Waals surface area contributed by atoms with Crippen molar-refractivity contribution in [2.75, 3.05) is 18.9 Å². The molecule has 0 aromatic rings. The molecule has 0 fully saturated rings. The molecule has 3 heteroatoms. The molecule has 0 saturated heterocycles. The molecule has 0 radical (unpaired) electrons. The summed E-state index contributed by atoms with van der Waals surface area (Å²) in [6.45, 7) is 5.19. The summed E-state index contributed by atoms with van der Waals surface area (Å²) in [7, 11) is 1.87. The van der Waals surface area contributed by atoms with Crippen molar-refractivity contribution in [2.24, 2.45) is 5.92 Å². The fourth-order valence-corrected chi connectivity index (χ4v) is 1.31. The molecular formula is C9H18BrNO. The first-order chi connectivity index (χ1) is 5.61. The van der Waals surface area contributed by atoms with E-state index in [1.807, 2.05) is 11.9 Å². The van der Waals surface area contributed by atoms with E-state index in [2.05, 4.69) is 29.8 Å². The average molecular weight is 236 g/mol. The number of carbonyl (C=O) groups excluding carboxylic acids is 1. The SMILES string of the molecule is CCC(C)CN(C)C(=O)CCBr. The summed E-state index contributed by atoms with van der Waals surface area (Å²) >= 11 is 3.25. The number of rotatable bonds is 5. The molecule has 0 rings (SSSR count). The minimum absolute atomic E-state index is 0.229. The highest BCUT2D eigenvalue weighted by Crippen LogP contribution is 2.04. The molecule has 0 aromatic carbocycles. The molecule has 12 heavy (non-hydrogen) atoms. The Bertz CT molecular complexity index is 138. The Labute approximate surface area is 83.4 Å². The van der Waals surface area contributed by atoms with Crippen LogP contribution in [-0.4, -0.2) is 29.7 Å². The maximum absolute atomic E-state index is 11.3. The van der Waals surface area contributed by atoms with Crippen molar-refractivity contribution in [1.29, 1.82) is 0 Å². The molecule has 0 aliphatic heterocycles. The van der Waals surface area contributed by atoms with Gasteiger partial charge < -0.3 is 4.90 Å². The van der Waals surface area contributed by atoms with Crippen LogP contribution in [0.15, 0.2) is 0 Å². The second kappa shape index (κ2) is 6.46. The monoisotopic (exact) mass is 235 g/mol. The summed E-state index contributed by atoms with van der Waals surface area (Å²) in [6.07, 6.45) is 1.73. The fourth-order valence-electron chi connectivity index (χ4n) is 0.970. The number of nitrogens with zero attached hydrogens (tertiary/aromatic N) is 1. The molecule has 0 bridgehead atoms. The molecular weight excluding hydrogens is 218 g/mol. The lowest BCUT2D eigenvalue weighted by Crippen LogP contribution is -2.30. The summed E-state index contributed by atoms with van der Waals surface area (Å²) in [5, 5.41) is 0.761. The number of carbonyl (C=O) groups is 1. The van der Waals surface area contributed by atoms with Crippen LogP contribution < -0.4 is 0 Å². The Morgan fingerprint density at radius 3 is 2.58 bits per heavy atom. The number of amides is 1. The highest BCUT2D eigenvalue weighted by atomic mass is 79.9. The normalized spacial score (nSPS) is 12.7. The van der Waals surface area contributed by atoms with E-state index in [0.29, 0.717) is 12.3 Å². The number of hydrogen-bond acceptors (Lipinski definition) is 1. The van der Waals surface area contributed by atoms with Crippen molar-refractivity contribution in [3.05, 3.63) is 0 Å². The first kappa shape index (κ1) is 11.9. The van der Waals surface area contributed by atoms with E-state index in [-0.39, 0.29) is 5.91 Å². The van der Waals surface area contributed by atoms with Gasteiger partial charge in [0.05, 0.1) is 0 Å². The van der Waals surface area contributed by atoms with E-state index in [0.717, 1.165) is 18.3 Å². The lowest BCUT2D eigenvalue weighted by atomic mass is 10.1. The summed E-state index contributed by atoms with van der Waals surface area (Å²) in [4.78, 5) is 13.1. The minimum Gasteiger partial charge on any atom is -0.345 e. The van der Waals surface area contributed by atoms with Crippen LogP contribution in [0.3, 0.4) is 0 Å². The van der Waals surface area contributed by atoms with E-state index in [1.165, 1.54) is 0 Å². The van der Waals surface area contributed by atoms with Crippen LogP contribution in [0, 0.1) is 5.92 Å². The summed E-state index contributed by atoms with van der Waals surface area (Å²) in [5.41, 5.74) is 0. The maximum Gasteiger partial charge on any atom is 0.223 e. The molecule has 0 spiro atoms. The van der Waals surface area contributed by atoms with Crippen molar-refractivity contribution in [3.63, 3.8) is 0 Å². The molecule has 1 atom stereocenters. The molecule has 0 aromatic heterocycles. The van der Waals surface area contributed by atoms with E-state index >= 15 is 0 Å². The summed E-state index contributed by atoms with van der Waals surface area (Å²) < 4.78 is 0. The van der Waals surface area contributed by atoms with Crippen LogP contribution in [0.2, 0.25) is 0 Å². The van der Waals surface area contributed by atoms with Gasteiger partial charge in [0.25, 0.3) is 0 Å². The van der Waals surface area contributed by atoms with Gasteiger partial charge in [-0.05, 0) is 5.92 Å². The molecule has 1 amide bonds. The average Bonchev–Trinajstić information content (AvgIpc) is 2.04. The number of halogens is 1. The smallest absolute Gasteiger partial charge is 0.223 e. The highest BCUT2D eigenvalue weighted by Gasteiger charge is 2.09. The molecule has 0 saturated carbocycles. The Kier molecular flexibility index (Phi) is 6.44. The molecule has 0 heterocycles. The third kappa shape index (κ3) is 4.75. The van der Waals surface area contributed by atoms with Crippen molar-refractivity contribution in [3.8, 4) is 0 Å². The topological polar surface area (TPSA) is 20.3 Å². The zero-order valence-electron chi connectivity index (χ0n) is 8.14. The van der Waals surface area contributed by atoms with E-state index in [9.17, 15) is 4.79 Å². The fraction of sp³-hybridized carbons (Fsp3) is 0.889.